The van der Waals surface area contributed by atoms with Crippen molar-refractivity contribution in [2.45, 2.75) is 26.0 Å². The molecule has 6 heteroatoms. The van der Waals surface area contributed by atoms with Gasteiger partial charge >= 0.3 is 0 Å². The van der Waals surface area contributed by atoms with Gasteiger partial charge in [0.25, 0.3) is 0 Å². The van der Waals surface area contributed by atoms with Crippen LogP contribution in [0.15, 0.2) is 33.2 Å². The van der Waals surface area contributed by atoms with Gasteiger partial charge in [-0.05, 0) is 34.5 Å². The van der Waals surface area contributed by atoms with E-state index in [9.17, 15) is 5.11 Å². The molecule has 0 aliphatic rings. The van der Waals surface area contributed by atoms with Crippen molar-refractivity contribution in [3.63, 3.8) is 0 Å². The van der Waals surface area contributed by atoms with Gasteiger partial charge in [0, 0.05) is 11.0 Å². The summed E-state index contributed by atoms with van der Waals surface area (Å²) < 4.78 is 6.49. The lowest BCUT2D eigenvalue weighted by atomic mass is 10.2. The monoisotopic (exact) mass is 325 g/mol. The predicted molar refractivity (Wildman–Crippen MR) is 75.4 cm³/mol. The number of benzene rings is 1. The van der Waals surface area contributed by atoms with E-state index in [0.717, 1.165) is 16.5 Å². The third-order valence-corrected chi connectivity index (χ3v) is 3.39. The van der Waals surface area contributed by atoms with Crippen LogP contribution in [-0.2, 0) is 6.54 Å². The van der Waals surface area contributed by atoms with Gasteiger partial charge in [0.1, 0.15) is 0 Å². The van der Waals surface area contributed by atoms with Crippen LogP contribution in [0.25, 0.3) is 11.5 Å². The van der Waals surface area contributed by atoms with E-state index in [1.807, 2.05) is 31.2 Å². The summed E-state index contributed by atoms with van der Waals surface area (Å²) in [6.07, 6.45) is 0.379. The van der Waals surface area contributed by atoms with Gasteiger partial charge in [0.15, 0.2) is 0 Å². The van der Waals surface area contributed by atoms with Crippen LogP contribution in [0.2, 0.25) is 0 Å². The molecule has 0 fully saturated rings. The zero-order chi connectivity index (χ0) is 13.7. The first-order valence-corrected chi connectivity index (χ1v) is 6.96. The summed E-state index contributed by atoms with van der Waals surface area (Å²) >= 11 is 3.45. The SMILES string of the molecule is CCC(O)CNCc1nnc(-c2ccccc2Br)o1. The van der Waals surface area contributed by atoms with Crippen molar-refractivity contribution in [2.75, 3.05) is 6.54 Å². The Morgan fingerprint density at radius 3 is 2.89 bits per heavy atom. The molecule has 1 heterocycles. The maximum absolute atomic E-state index is 9.42. The molecule has 0 saturated carbocycles. The molecular formula is C13H16BrN3O2. The average Bonchev–Trinajstić information content (AvgIpc) is 2.87. The highest BCUT2D eigenvalue weighted by atomic mass is 79.9. The highest BCUT2D eigenvalue weighted by Gasteiger charge is 2.11. The summed E-state index contributed by atoms with van der Waals surface area (Å²) in [5, 5.41) is 20.5. The van der Waals surface area contributed by atoms with Crippen LogP contribution in [0.3, 0.4) is 0 Å². The Hall–Kier alpha value is -1.24. The third-order valence-electron chi connectivity index (χ3n) is 2.70. The molecule has 1 aromatic heterocycles. The fraction of sp³-hybridized carbons (Fsp3) is 0.385. The van der Waals surface area contributed by atoms with Crippen molar-refractivity contribution in [3.05, 3.63) is 34.6 Å². The molecule has 102 valence electrons. The summed E-state index contributed by atoms with van der Waals surface area (Å²) in [6.45, 7) is 2.90. The van der Waals surface area contributed by atoms with Gasteiger partial charge in [-0.3, -0.25) is 0 Å². The number of hydrogen-bond acceptors (Lipinski definition) is 5. The Balaban J connectivity index is 1.98. The first-order valence-electron chi connectivity index (χ1n) is 6.16. The second kappa shape index (κ2) is 6.79. The van der Waals surface area contributed by atoms with E-state index >= 15 is 0 Å². The number of nitrogens with one attached hydrogen (secondary N) is 1. The summed E-state index contributed by atoms with van der Waals surface area (Å²) in [4.78, 5) is 0. The van der Waals surface area contributed by atoms with E-state index in [1.165, 1.54) is 0 Å². The number of aromatic nitrogens is 2. The number of aliphatic hydroxyl groups is 1. The number of aliphatic hydroxyl groups excluding tert-OH is 1. The largest absolute Gasteiger partial charge is 0.419 e. The Kier molecular flexibility index (Phi) is 5.07. The van der Waals surface area contributed by atoms with Gasteiger partial charge in [-0.1, -0.05) is 19.1 Å². The Morgan fingerprint density at radius 2 is 2.16 bits per heavy atom. The molecule has 2 aromatic rings. The van der Waals surface area contributed by atoms with Crippen molar-refractivity contribution in [3.8, 4) is 11.5 Å². The second-order valence-electron chi connectivity index (χ2n) is 4.17. The van der Waals surface area contributed by atoms with E-state index in [-0.39, 0.29) is 6.10 Å². The molecule has 0 bridgehead atoms. The smallest absolute Gasteiger partial charge is 0.248 e. The minimum atomic E-state index is -0.342. The summed E-state index contributed by atoms with van der Waals surface area (Å²) in [5.41, 5.74) is 0.870. The van der Waals surface area contributed by atoms with Crippen molar-refractivity contribution < 1.29 is 9.52 Å². The van der Waals surface area contributed by atoms with Crippen LogP contribution < -0.4 is 5.32 Å². The van der Waals surface area contributed by atoms with Crippen LogP contribution in [0, 0.1) is 0 Å². The highest BCUT2D eigenvalue weighted by molar-refractivity contribution is 9.10. The first-order chi connectivity index (χ1) is 9.20. The Morgan fingerprint density at radius 1 is 1.37 bits per heavy atom. The van der Waals surface area contributed by atoms with Crippen molar-refractivity contribution >= 4 is 15.9 Å². The minimum Gasteiger partial charge on any atom is -0.419 e. The zero-order valence-corrected chi connectivity index (χ0v) is 12.2. The van der Waals surface area contributed by atoms with Gasteiger partial charge in [-0.2, -0.15) is 0 Å². The first kappa shape index (κ1) is 14.2. The van der Waals surface area contributed by atoms with Crippen LogP contribution >= 0.6 is 15.9 Å². The van der Waals surface area contributed by atoms with E-state index in [0.29, 0.717) is 24.9 Å². The fourth-order valence-corrected chi connectivity index (χ4v) is 2.01. The number of nitrogens with zero attached hydrogens (tertiary/aromatic N) is 2. The molecule has 2 N–H and O–H groups in total. The fourth-order valence-electron chi connectivity index (χ4n) is 1.56. The topological polar surface area (TPSA) is 71.2 Å². The third kappa shape index (κ3) is 3.86. The van der Waals surface area contributed by atoms with Crippen molar-refractivity contribution in [1.29, 1.82) is 0 Å². The predicted octanol–water partition coefficient (Wildman–Crippen LogP) is 2.36. The van der Waals surface area contributed by atoms with Crippen molar-refractivity contribution in [2.24, 2.45) is 0 Å². The highest BCUT2D eigenvalue weighted by Crippen LogP contribution is 2.26. The Labute approximate surface area is 120 Å². The average molecular weight is 326 g/mol. The number of halogens is 1. The molecule has 0 saturated heterocycles. The summed E-state index contributed by atoms with van der Waals surface area (Å²) in [6, 6.07) is 7.68. The molecule has 2 rings (SSSR count). The maximum Gasteiger partial charge on any atom is 0.248 e. The lowest BCUT2D eigenvalue weighted by Crippen LogP contribution is -2.25. The normalized spacial score (nSPS) is 12.6. The van der Waals surface area contributed by atoms with Gasteiger partial charge < -0.3 is 14.8 Å². The van der Waals surface area contributed by atoms with Gasteiger partial charge in [-0.15, -0.1) is 10.2 Å². The lowest BCUT2D eigenvalue weighted by Gasteiger charge is -2.06. The maximum atomic E-state index is 9.42. The van der Waals surface area contributed by atoms with Crippen LogP contribution in [0.5, 0.6) is 0 Å². The van der Waals surface area contributed by atoms with Crippen LogP contribution in [-0.4, -0.2) is 28.0 Å². The van der Waals surface area contributed by atoms with E-state index in [4.69, 9.17) is 4.42 Å². The molecule has 1 unspecified atom stereocenters. The quantitative estimate of drug-likeness (QED) is 0.853. The molecule has 1 aromatic carbocycles. The molecule has 0 aliphatic heterocycles. The summed E-state index contributed by atoms with van der Waals surface area (Å²) in [5.74, 6) is 0.995. The lowest BCUT2D eigenvalue weighted by molar-refractivity contribution is 0.166. The van der Waals surface area contributed by atoms with Crippen molar-refractivity contribution in [1.82, 2.24) is 15.5 Å². The van der Waals surface area contributed by atoms with E-state index < -0.39 is 0 Å². The van der Waals surface area contributed by atoms with Crippen LogP contribution in [0.4, 0.5) is 0 Å². The molecule has 0 radical (unpaired) electrons. The van der Waals surface area contributed by atoms with Crippen LogP contribution in [0.1, 0.15) is 19.2 Å². The Bertz CT molecular complexity index is 530. The zero-order valence-electron chi connectivity index (χ0n) is 10.6. The van der Waals surface area contributed by atoms with E-state index in [2.05, 4.69) is 31.4 Å². The van der Waals surface area contributed by atoms with Gasteiger partial charge in [-0.25, -0.2) is 0 Å². The molecule has 19 heavy (non-hydrogen) atoms. The molecule has 0 amide bonds. The molecule has 0 spiro atoms. The van der Waals surface area contributed by atoms with Gasteiger partial charge in [0.2, 0.25) is 11.8 Å². The number of rotatable bonds is 6. The molecule has 5 nitrogen and oxygen atoms in total. The van der Waals surface area contributed by atoms with Gasteiger partial charge in [0.05, 0.1) is 18.2 Å². The second-order valence-corrected chi connectivity index (χ2v) is 5.03. The molecular weight excluding hydrogens is 310 g/mol. The standard InChI is InChI=1S/C13H16BrN3O2/c1-2-9(18)7-15-8-12-16-17-13(19-12)10-5-3-4-6-11(10)14/h3-6,9,15,18H,2,7-8H2,1H3. The molecule has 0 aliphatic carbocycles. The van der Waals surface area contributed by atoms with E-state index in [1.54, 1.807) is 0 Å². The number of hydrogen-bond donors (Lipinski definition) is 2. The summed E-state index contributed by atoms with van der Waals surface area (Å²) in [7, 11) is 0. The molecule has 1 atom stereocenters. The minimum absolute atomic E-state index is 0.342.